The van der Waals surface area contributed by atoms with E-state index in [-0.39, 0.29) is 10.2 Å². The van der Waals surface area contributed by atoms with Gasteiger partial charge in [0.1, 0.15) is 0 Å². The summed E-state index contributed by atoms with van der Waals surface area (Å²) in [4.78, 5) is 22.6. The molecule has 1 aromatic carbocycles. The zero-order valence-corrected chi connectivity index (χ0v) is 8.20. The second-order valence-electron chi connectivity index (χ2n) is 3.16. The maximum atomic E-state index is 11.3. The van der Waals surface area contributed by atoms with Crippen molar-refractivity contribution in [2.75, 3.05) is 0 Å². The van der Waals surface area contributed by atoms with Gasteiger partial charge in [0.2, 0.25) is 10.2 Å². The minimum atomic E-state index is -0.122. The highest BCUT2D eigenvalue weighted by Gasteiger charge is 2.28. The standard InChI is InChI=1S/C10H8O2S/c1-5-3-7-8(4-6(5)2)10(12)13-9(7)11/h3-4H,1-2H3. The van der Waals surface area contributed by atoms with Crippen molar-refractivity contribution in [3.05, 3.63) is 34.4 Å². The molecule has 66 valence electrons. The molecule has 0 saturated carbocycles. The predicted molar refractivity (Wildman–Crippen MR) is 52.2 cm³/mol. The van der Waals surface area contributed by atoms with Crippen molar-refractivity contribution >= 4 is 22.0 Å². The molecule has 1 aliphatic heterocycles. The van der Waals surface area contributed by atoms with Crippen LogP contribution in [0.4, 0.5) is 0 Å². The smallest absolute Gasteiger partial charge is 0.227 e. The van der Waals surface area contributed by atoms with E-state index in [0.29, 0.717) is 11.1 Å². The molecule has 0 fully saturated rings. The first kappa shape index (κ1) is 8.51. The molecule has 0 radical (unpaired) electrons. The molecule has 1 heterocycles. The monoisotopic (exact) mass is 192 g/mol. The Morgan fingerprint density at radius 2 is 1.31 bits per heavy atom. The van der Waals surface area contributed by atoms with Crippen LogP contribution in [0.5, 0.6) is 0 Å². The van der Waals surface area contributed by atoms with E-state index in [1.165, 1.54) is 0 Å². The second kappa shape index (κ2) is 2.70. The summed E-state index contributed by atoms with van der Waals surface area (Å²) in [6.07, 6.45) is 0. The van der Waals surface area contributed by atoms with Crippen LogP contribution in [0.25, 0.3) is 0 Å². The number of hydrogen-bond donors (Lipinski definition) is 0. The van der Waals surface area contributed by atoms with Crippen molar-refractivity contribution in [1.29, 1.82) is 0 Å². The van der Waals surface area contributed by atoms with Crippen LogP contribution in [0, 0.1) is 13.8 Å². The highest BCUT2D eigenvalue weighted by atomic mass is 32.2. The Hall–Kier alpha value is -1.09. The molecule has 0 bridgehead atoms. The minimum Gasteiger partial charge on any atom is -0.281 e. The van der Waals surface area contributed by atoms with Gasteiger partial charge in [-0.25, -0.2) is 0 Å². The van der Waals surface area contributed by atoms with Crippen molar-refractivity contribution < 1.29 is 9.59 Å². The van der Waals surface area contributed by atoms with Gasteiger partial charge in [-0.05, 0) is 48.9 Å². The van der Waals surface area contributed by atoms with Crippen molar-refractivity contribution in [3.63, 3.8) is 0 Å². The molecule has 0 atom stereocenters. The summed E-state index contributed by atoms with van der Waals surface area (Å²) in [7, 11) is 0. The molecule has 2 nitrogen and oxygen atoms in total. The molecule has 0 aliphatic carbocycles. The lowest BCUT2D eigenvalue weighted by Gasteiger charge is -2.01. The first-order valence-corrected chi connectivity index (χ1v) is 4.79. The molecule has 3 heteroatoms. The number of hydrogen-bond acceptors (Lipinski definition) is 3. The molecular weight excluding hydrogens is 184 g/mol. The summed E-state index contributed by atoms with van der Waals surface area (Å²) in [5.41, 5.74) is 3.25. The number of rotatable bonds is 0. The van der Waals surface area contributed by atoms with Gasteiger partial charge in [0.05, 0.1) is 0 Å². The van der Waals surface area contributed by atoms with Gasteiger partial charge < -0.3 is 0 Å². The predicted octanol–water partition coefficient (Wildman–Crippen LogP) is 2.33. The summed E-state index contributed by atoms with van der Waals surface area (Å²) in [5, 5.41) is -0.244. The number of thioether (sulfide) groups is 1. The lowest BCUT2D eigenvalue weighted by Crippen LogP contribution is -1.93. The summed E-state index contributed by atoms with van der Waals surface area (Å²) < 4.78 is 0. The average molecular weight is 192 g/mol. The average Bonchev–Trinajstić information content (AvgIpc) is 2.31. The fraction of sp³-hybridized carbons (Fsp3) is 0.200. The zero-order valence-electron chi connectivity index (χ0n) is 7.38. The van der Waals surface area contributed by atoms with E-state index < -0.39 is 0 Å². The molecule has 2 rings (SSSR count). The van der Waals surface area contributed by atoms with Crippen molar-refractivity contribution in [2.24, 2.45) is 0 Å². The molecule has 1 aliphatic rings. The van der Waals surface area contributed by atoms with Crippen LogP contribution in [0.1, 0.15) is 31.8 Å². The Balaban J connectivity index is 2.72. The quantitative estimate of drug-likeness (QED) is 0.632. The van der Waals surface area contributed by atoms with Gasteiger partial charge >= 0.3 is 0 Å². The van der Waals surface area contributed by atoms with Crippen LogP contribution in [-0.2, 0) is 0 Å². The zero-order chi connectivity index (χ0) is 9.59. The van der Waals surface area contributed by atoms with Crippen LogP contribution in [0.15, 0.2) is 12.1 Å². The molecule has 0 saturated heterocycles. The van der Waals surface area contributed by atoms with E-state index in [1.807, 2.05) is 13.8 Å². The van der Waals surface area contributed by atoms with E-state index in [4.69, 9.17) is 0 Å². The molecule has 0 unspecified atom stereocenters. The Morgan fingerprint density at radius 1 is 0.923 bits per heavy atom. The van der Waals surface area contributed by atoms with E-state index >= 15 is 0 Å². The number of benzene rings is 1. The molecule has 1 aromatic rings. The van der Waals surface area contributed by atoms with Crippen LogP contribution in [0.2, 0.25) is 0 Å². The Labute approximate surface area is 80.3 Å². The van der Waals surface area contributed by atoms with Crippen LogP contribution in [-0.4, -0.2) is 10.2 Å². The van der Waals surface area contributed by atoms with Gasteiger partial charge in [-0.15, -0.1) is 0 Å². The first-order valence-electron chi connectivity index (χ1n) is 3.97. The van der Waals surface area contributed by atoms with Gasteiger partial charge in [0.15, 0.2) is 0 Å². The topological polar surface area (TPSA) is 34.1 Å². The summed E-state index contributed by atoms with van der Waals surface area (Å²) in [6.45, 7) is 3.88. The lowest BCUT2D eigenvalue weighted by molar-refractivity contribution is 0.108. The molecule has 0 aromatic heterocycles. The SMILES string of the molecule is Cc1cc2c(cc1C)C(=O)SC2=O. The van der Waals surface area contributed by atoms with Gasteiger partial charge in [-0.1, -0.05) is 0 Å². The third kappa shape index (κ3) is 1.20. The summed E-state index contributed by atoms with van der Waals surface area (Å²) in [6, 6.07) is 3.59. The third-order valence-corrected chi connectivity index (χ3v) is 3.07. The second-order valence-corrected chi connectivity index (χ2v) is 4.10. The lowest BCUT2D eigenvalue weighted by atomic mass is 10.0. The van der Waals surface area contributed by atoms with Gasteiger partial charge in [-0.3, -0.25) is 9.59 Å². The Morgan fingerprint density at radius 3 is 1.69 bits per heavy atom. The van der Waals surface area contributed by atoms with E-state index in [0.717, 1.165) is 22.9 Å². The first-order chi connectivity index (χ1) is 6.09. The number of carbonyl (C=O) groups is 2. The maximum Gasteiger partial charge on any atom is 0.227 e. The van der Waals surface area contributed by atoms with Crippen LogP contribution in [0.3, 0.4) is 0 Å². The van der Waals surface area contributed by atoms with Crippen molar-refractivity contribution in [3.8, 4) is 0 Å². The van der Waals surface area contributed by atoms with E-state index in [2.05, 4.69) is 0 Å². The van der Waals surface area contributed by atoms with Crippen molar-refractivity contribution in [1.82, 2.24) is 0 Å². The number of aryl methyl sites for hydroxylation is 2. The molecule has 0 N–H and O–H groups in total. The fourth-order valence-electron chi connectivity index (χ4n) is 1.35. The largest absolute Gasteiger partial charge is 0.281 e. The van der Waals surface area contributed by atoms with Gasteiger partial charge in [0.25, 0.3) is 0 Å². The highest BCUT2D eigenvalue weighted by molar-refractivity contribution is 8.27. The van der Waals surface area contributed by atoms with E-state index in [1.54, 1.807) is 12.1 Å². The summed E-state index contributed by atoms with van der Waals surface area (Å²) >= 11 is 0.789. The maximum absolute atomic E-state index is 11.3. The normalized spacial score (nSPS) is 14.9. The van der Waals surface area contributed by atoms with Gasteiger partial charge in [0, 0.05) is 11.1 Å². The van der Waals surface area contributed by atoms with Crippen LogP contribution >= 0.6 is 11.8 Å². The summed E-state index contributed by atoms with van der Waals surface area (Å²) in [5.74, 6) is 0. The number of fused-ring (bicyclic) bond motifs is 1. The molecule has 0 spiro atoms. The van der Waals surface area contributed by atoms with Crippen molar-refractivity contribution in [2.45, 2.75) is 13.8 Å². The Kier molecular flexibility index (Phi) is 1.77. The Bertz CT molecular complexity index is 382. The van der Waals surface area contributed by atoms with E-state index in [9.17, 15) is 9.59 Å². The van der Waals surface area contributed by atoms with Crippen LogP contribution < -0.4 is 0 Å². The third-order valence-electron chi connectivity index (χ3n) is 2.26. The minimum absolute atomic E-state index is 0.122. The molecule has 13 heavy (non-hydrogen) atoms. The van der Waals surface area contributed by atoms with Gasteiger partial charge in [-0.2, -0.15) is 0 Å². The molecule has 0 amide bonds. The fourth-order valence-corrected chi connectivity index (χ4v) is 2.07. The number of carbonyl (C=O) groups excluding carboxylic acids is 2. The molecular formula is C10H8O2S. The highest BCUT2D eigenvalue weighted by Crippen LogP contribution is 2.31.